The SMILES string of the molecule is CC1(c2ccccc2)CC1.N. The molecule has 1 aromatic rings. The van der Waals surface area contributed by atoms with Gasteiger partial charge in [0.1, 0.15) is 0 Å². The van der Waals surface area contributed by atoms with Crippen molar-refractivity contribution in [1.29, 1.82) is 0 Å². The Morgan fingerprint density at radius 3 is 2.09 bits per heavy atom. The minimum Gasteiger partial charge on any atom is -0.344 e. The first-order chi connectivity index (χ1) is 4.81. The molecule has 11 heavy (non-hydrogen) atoms. The van der Waals surface area contributed by atoms with Crippen LogP contribution in [0.5, 0.6) is 0 Å². The highest BCUT2D eigenvalue weighted by Gasteiger charge is 2.38. The highest BCUT2D eigenvalue weighted by atomic mass is 14.4. The lowest BCUT2D eigenvalue weighted by Crippen LogP contribution is -1.97. The molecule has 1 aromatic carbocycles. The van der Waals surface area contributed by atoms with Gasteiger partial charge in [0.05, 0.1) is 0 Å². The average Bonchev–Trinajstić information content (AvgIpc) is 2.72. The van der Waals surface area contributed by atoms with E-state index in [0.717, 1.165) is 0 Å². The fourth-order valence-electron chi connectivity index (χ4n) is 1.32. The van der Waals surface area contributed by atoms with Crippen molar-refractivity contribution in [1.82, 2.24) is 6.15 Å². The van der Waals surface area contributed by atoms with Crippen LogP contribution in [0.1, 0.15) is 25.3 Å². The molecule has 0 aromatic heterocycles. The van der Waals surface area contributed by atoms with E-state index >= 15 is 0 Å². The van der Waals surface area contributed by atoms with E-state index in [2.05, 4.69) is 37.3 Å². The topological polar surface area (TPSA) is 35.0 Å². The van der Waals surface area contributed by atoms with Crippen LogP contribution in [-0.2, 0) is 5.41 Å². The Bertz CT molecular complexity index is 224. The van der Waals surface area contributed by atoms with Gasteiger partial charge in [-0.2, -0.15) is 0 Å². The fraction of sp³-hybridized carbons (Fsp3) is 0.400. The van der Waals surface area contributed by atoms with Crippen LogP contribution >= 0.6 is 0 Å². The highest BCUT2D eigenvalue weighted by molar-refractivity contribution is 5.29. The molecule has 0 spiro atoms. The molecule has 1 aliphatic rings. The predicted octanol–water partition coefficient (Wildman–Crippen LogP) is 2.90. The largest absolute Gasteiger partial charge is 0.344 e. The summed E-state index contributed by atoms with van der Waals surface area (Å²) in [6.07, 6.45) is 2.74. The van der Waals surface area contributed by atoms with Crippen LogP contribution in [0.3, 0.4) is 0 Å². The van der Waals surface area contributed by atoms with Crippen molar-refractivity contribution in [3.05, 3.63) is 35.9 Å². The molecule has 60 valence electrons. The summed E-state index contributed by atoms with van der Waals surface area (Å²) in [5, 5.41) is 0. The second-order valence-corrected chi connectivity index (χ2v) is 3.43. The molecule has 0 atom stereocenters. The van der Waals surface area contributed by atoms with E-state index in [0.29, 0.717) is 5.41 Å². The van der Waals surface area contributed by atoms with Crippen molar-refractivity contribution in [2.45, 2.75) is 25.2 Å². The van der Waals surface area contributed by atoms with Gasteiger partial charge in [0, 0.05) is 0 Å². The summed E-state index contributed by atoms with van der Waals surface area (Å²) in [5.41, 5.74) is 2.05. The molecule has 1 saturated carbocycles. The van der Waals surface area contributed by atoms with Gasteiger partial charge < -0.3 is 6.15 Å². The smallest absolute Gasteiger partial charge is 0.00746 e. The quantitative estimate of drug-likeness (QED) is 0.654. The van der Waals surface area contributed by atoms with Crippen molar-refractivity contribution < 1.29 is 0 Å². The Balaban J connectivity index is 0.000000605. The molecule has 1 nitrogen and oxygen atoms in total. The van der Waals surface area contributed by atoms with Crippen molar-refractivity contribution in [3.8, 4) is 0 Å². The molecule has 0 amide bonds. The van der Waals surface area contributed by atoms with Crippen molar-refractivity contribution in [3.63, 3.8) is 0 Å². The van der Waals surface area contributed by atoms with Gasteiger partial charge in [-0.1, -0.05) is 37.3 Å². The summed E-state index contributed by atoms with van der Waals surface area (Å²) in [5.74, 6) is 0. The minimum absolute atomic E-state index is 0. The van der Waals surface area contributed by atoms with Gasteiger partial charge >= 0.3 is 0 Å². The maximum absolute atomic E-state index is 2.34. The molecule has 0 heterocycles. The third kappa shape index (κ3) is 1.43. The van der Waals surface area contributed by atoms with Gasteiger partial charge in [-0.3, -0.25) is 0 Å². The standard InChI is InChI=1S/C10H12.H3N/c1-10(7-8-10)9-5-3-2-4-6-9;/h2-6H,7-8H2,1H3;1H3. The van der Waals surface area contributed by atoms with E-state index in [9.17, 15) is 0 Å². The Kier molecular flexibility index (Phi) is 2.01. The molecule has 1 heteroatoms. The third-order valence-electron chi connectivity index (χ3n) is 2.47. The number of rotatable bonds is 1. The normalized spacial score (nSPS) is 18.6. The lowest BCUT2D eigenvalue weighted by atomic mass is 9.99. The number of hydrogen-bond donors (Lipinski definition) is 1. The Hall–Kier alpha value is -0.820. The Morgan fingerprint density at radius 2 is 1.64 bits per heavy atom. The van der Waals surface area contributed by atoms with E-state index < -0.39 is 0 Å². The van der Waals surface area contributed by atoms with E-state index in [-0.39, 0.29) is 6.15 Å². The van der Waals surface area contributed by atoms with Gasteiger partial charge in [-0.25, -0.2) is 0 Å². The van der Waals surface area contributed by atoms with Crippen LogP contribution < -0.4 is 6.15 Å². The molecule has 0 saturated heterocycles. The molecule has 0 aliphatic heterocycles. The first-order valence-corrected chi connectivity index (χ1v) is 3.87. The van der Waals surface area contributed by atoms with Gasteiger partial charge in [0.25, 0.3) is 0 Å². The van der Waals surface area contributed by atoms with E-state index in [1.54, 1.807) is 0 Å². The molecule has 0 radical (unpaired) electrons. The summed E-state index contributed by atoms with van der Waals surface area (Å²) >= 11 is 0. The summed E-state index contributed by atoms with van der Waals surface area (Å²) in [4.78, 5) is 0. The van der Waals surface area contributed by atoms with Crippen molar-refractivity contribution in [2.24, 2.45) is 0 Å². The third-order valence-corrected chi connectivity index (χ3v) is 2.47. The number of benzene rings is 1. The predicted molar refractivity (Wildman–Crippen MR) is 48.1 cm³/mol. The zero-order valence-electron chi connectivity index (χ0n) is 7.01. The molecule has 3 N–H and O–H groups in total. The van der Waals surface area contributed by atoms with Crippen LogP contribution in [0.15, 0.2) is 30.3 Å². The zero-order chi connectivity index (χ0) is 7.03. The second-order valence-electron chi connectivity index (χ2n) is 3.43. The van der Waals surface area contributed by atoms with Crippen LogP contribution in [0.25, 0.3) is 0 Å². The molecule has 1 aliphatic carbocycles. The van der Waals surface area contributed by atoms with E-state index in [4.69, 9.17) is 0 Å². The van der Waals surface area contributed by atoms with E-state index in [1.165, 1.54) is 18.4 Å². The molecular weight excluding hydrogens is 134 g/mol. The van der Waals surface area contributed by atoms with Gasteiger partial charge in [-0.15, -0.1) is 0 Å². The highest BCUT2D eigenvalue weighted by Crippen LogP contribution is 2.47. The molecular formula is C10H15N. The summed E-state index contributed by atoms with van der Waals surface area (Å²) in [6, 6.07) is 10.8. The monoisotopic (exact) mass is 149 g/mol. The second kappa shape index (κ2) is 2.67. The summed E-state index contributed by atoms with van der Waals surface area (Å²) in [7, 11) is 0. The fourth-order valence-corrected chi connectivity index (χ4v) is 1.32. The van der Waals surface area contributed by atoms with Gasteiger partial charge in [0.2, 0.25) is 0 Å². The molecule has 2 rings (SSSR count). The van der Waals surface area contributed by atoms with Crippen LogP contribution in [0.4, 0.5) is 0 Å². The van der Waals surface area contributed by atoms with E-state index in [1.807, 2.05) is 0 Å². The Labute approximate surface area is 68.0 Å². The number of hydrogen-bond acceptors (Lipinski definition) is 1. The molecule has 1 fully saturated rings. The van der Waals surface area contributed by atoms with Gasteiger partial charge in [-0.05, 0) is 23.8 Å². The maximum Gasteiger partial charge on any atom is -0.00746 e. The minimum atomic E-state index is 0. The lowest BCUT2D eigenvalue weighted by molar-refractivity contribution is 0.788. The zero-order valence-corrected chi connectivity index (χ0v) is 7.01. The van der Waals surface area contributed by atoms with Crippen LogP contribution in [-0.4, -0.2) is 0 Å². The average molecular weight is 149 g/mol. The van der Waals surface area contributed by atoms with Gasteiger partial charge in [0.15, 0.2) is 0 Å². The Morgan fingerprint density at radius 1 is 1.09 bits per heavy atom. The lowest BCUT2D eigenvalue weighted by Gasteiger charge is -2.06. The van der Waals surface area contributed by atoms with Crippen LogP contribution in [0, 0.1) is 0 Å². The summed E-state index contributed by atoms with van der Waals surface area (Å²) in [6.45, 7) is 2.34. The van der Waals surface area contributed by atoms with Crippen molar-refractivity contribution in [2.75, 3.05) is 0 Å². The summed E-state index contributed by atoms with van der Waals surface area (Å²) < 4.78 is 0. The van der Waals surface area contributed by atoms with Crippen LogP contribution in [0.2, 0.25) is 0 Å². The first kappa shape index (κ1) is 8.28. The maximum atomic E-state index is 2.34. The molecule has 0 bridgehead atoms. The molecule has 0 unspecified atom stereocenters. The first-order valence-electron chi connectivity index (χ1n) is 3.87. The van der Waals surface area contributed by atoms with Crippen molar-refractivity contribution >= 4 is 0 Å².